The number of anilines is 1. The minimum Gasteiger partial charge on any atom is -0.357 e. The summed E-state index contributed by atoms with van der Waals surface area (Å²) >= 11 is 8.49. The molecule has 0 spiro atoms. The Balaban J connectivity index is 1.54. The van der Waals surface area contributed by atoms with Gasteiger partial charge in [-0.2, -0.15) is 10.1 Å². The molecule has 1 N–H and O–H groups in total. The lowest BCUT2D eigenvalue weighted by Crippen LogP contribution is -2.35. The number of hydrogen-bond acceptors (Lipinski definition) is 7. The molecule has 1 saturated heterocycles. The van der Waals surface area contributed by atoms with E-state index in [2.05, 4.69) is 31.1 Å². The van der Waals surface area contributed by atoms with Crippen LogP contribution >= 0.6 is 23.5 Å². The van der Waals surface area contributed by atoms with Gasteiger partial charge in [-0.05, 0) is 39.0 Å². The Morgan fingerprint density at radius 1 is 1.38 bits per heavy atom. The van der Waals surface area contributed by atoms with E-state index in [0.29, 0.717) is 29.3 Å². The van der Waals surface area contributed by atoms with Crippen molar-refractivity contribution in [2.75, 3.05) is 31.3 Å². The van der Waals surface area contributed by atoms with E-state index < -0.39 is 0 Å². The van der Waals surface area contributed by atoms with E-state index in [1.807, 2.05) is 32.3 Å². The van der Waals surface area contributed by atoms with E-state index in [1.165, 1.54) is 0 Å². The number of aromatic nitrogens is 5. The average Bonchev–Trinajstić information content (AvgIpc) is 3.37. The molecular formula is C19H26ClN7OS. The lowest BCUT2D eigenvalue weighted by Gasteiger charge is -2.30. The van der Waals surface area contributed by atoms with Gasteiger partial charge in [-0.3, -0.25) is 4.31 Å². The smallest absolute Gasteiger partial charge is 0.243 e. The van der Waals surface area contributed by atoms with Gasteiger partial charge in [0.05, 0.1) is 11.2 Å². The molecule has 1 atom stereocenters. The van der Waals surface area contributed by atoms with Crippen molar-refractivity contribution >= 4 is 35.1 Å². The van der Waals surface area contributed by atoms with Crippen molar-refractivity contribution in [3.8, 4) is 11.1 Å². The lowest BCUT2D eigenvalue weighted by atomic mass is 10.1. The summed E-state index contributed by atoms with van der Waals surface area (Å²) in [6.45, 7) is 6.71. The fourth-order valence-corrected chi connectivity index (χ4v) is 4.44. The van der Waals surface area contributed by atoms with Crippen LogP contribution in [0.4, 0.5) is 5.95 Å². The molecule has 0 aliphatic carbocycles. The average molecular weight is 436 g/mol. The monoisotopic (exact) mass is 435 g/mol. The molecule has 3 aromatic heterocycles. The number of halogens is 1. The number of fused-ring (bicyclic) bond motifs is 1. The zero-order valence-electron chi connectivity index (χ0n) is 16.9. The fourth-order valence-electron chi connectivity index (χ4n) is 3.56. The summed E-state index contributed by atoms with van der Waals surface area (Å²) in [5.41, 5.74) is 2.44. The maximum Gasteiger partial charge on any atom is 0.243 e. The second-order valence-corrected chi connectivity index (χ2v) is 8.30. The van der Waals surface area contributed by atoms with Crippen molar-refractivity contribution in [2.45, 2.75) is 39.0 Å². The summed E-state index contributed by atoms with van der Waals surface area (Å²) in [5, 5.41) is 13.0. The van der Waals surface area contributed by atoms with Crippen molar-refractivity contribution < 1.29 is 4.74 Å². The van der Waals surface area contributed by atoms with Crippen LogP contribution in [0.25, 0.3) is 16.8 Å². The van der Waals surface area contributed by atoms with Crippen molar-refractivity contribution in [3.63, 3.8) is 0 Å². The number of ether oxygens (including phenoxy) is 1. The third-order valence-corrected chi connectivity index (χ3v) is 6.44. The van der Waals surface area contributed by atoms with Crippen LogP contribution in [0.2, 0.25) is 5.02 Å². The minimum atomic E-state index is -0.127. The molecule has 0 amide bonds. The summed E-state index contributed by atoms with van der Waals surface area (Å²) in [6, 6.07) is 2.32. The number of rotatable bonds is 7. The van der Waals surface area contributed by atoms with Crippen LogP contribution in [0.1, 0.15) is 32.9 Å². The number of pyridine rings is 1. The van der Waals surface area contributed by atoms with Gasteiger partial charge in [0.1, 0.15) is 6.23 Å². The lowest BCUT2D eigenvalue weighted by molar-refractivity contribution is 0.0160. The molecule has 1 unspecified atom stereocenters. The van der Waals surface area contributed by atoms with Gasteiger partial charge in [0.2, 0.25) is 5.95 Å². The first-order valence-electron chi connectivity index (χ1n) is 9.85. The van der Waals surface area contributed by atoms with E-state index in [0.717, 1.165) is 37.1 Å². The van der Waals surface area contributed by atoms with Crippen molar-refractivity contribution in [1.29, 1.82) is 0 Å². The quantitative estimate of drug-likeness (QED) is 0.563. The highest BCUT2D eigenvalue weighted by Gasteiger charge is 2.21. The number of nitrogens with one attached hydrogen (secondary N) is 1. The standard InChI is InChI=1S/C19H26ClN7OS/c1-4-28-13(2)27-12-14(11-21-27)16-7-10-26-18(17(16)20)23-19(24-26)22-15-5-8-25(29-3)9-6-15/h7,10-13,15H,4-6,8-9H2,1-3H3,(H,22,24). The van der Waals surface area contributed by atoms with Gasteiger partial charge in [0, 0.05) is 49.3 Å². The molecule has 0 radical (unpaired) electrons. The predicted molar refractivity (Wildman–Crippen MR) is 117 cm³/mol. The molecular weight excluding hydrogens is 410 g/mol. The van der Waals surface area contributed by atoms with Gasteiger partial charge in [-0.25, -0.2) is 9.20 Å². The van der Waals surface area contributed by atoms with E-state index in [1.54, 1.807) is 27.3 Å². The maximum atomic E-state index is 6.69. The number of hydrogen-bond donors (Lipinski definition) is 1. The van der Waals surface area contributed by atoms with Crippen LogP contribution in [0, 0.1) is 0 Å². The summed E-state index contributed by atoms with van der Waals surface area (Å²) < 4.78 is 11.5. The second kappa shape index (κ2) is 8.91. The molecule has 0 saturated carbocycles. The van der Waals surface area contributed by atoms with Crippen LogP contribution in [0.5, 0.6) is 0 Å². The molecule has 1 fully saturated rings. The first kappa shape index (κ1) is 20.5. The van der Waals surface area contributed by atoms with Crippen LogP contribution in [-0.4, -0.2) is 60.7 Å². The van der Waals surface area contributed by atoms with Gasteiger partial charge < -0.3 is 10.1 Å². The van der Waals surface area contributed by atoms with Crippen molar-refractivity contribution in [3.05, 3.63) is 29.7 Å². The Hall–Kier alpha value is -1.81. The zero-order chi connectivity index (χ0) is 20.4. The van der Waals surface area contributed by atoms with Gasteiger partial charge in [0.25, 0.3) is 0 Å². The summed E-state index contributed by atoms with van der Waals surface area (Å²) in [4.78, 5) is 4.64. The molecule has 1 aliphatic rings. The normalized spacial score (nSPS) is 17.1. The molecule has 156 valence electrons. The van der Waals surface area contributed by atoms with E-state index in [4.69, 9.17) is 16.3 Å². The molecule has 0 aromatic carbocycles. The minimum absolute atomic E-state index is 0.127. The Morgan fingerprint density at radius 3 is 2.90 bits per heavy atom. The van der Waals surface area contributed by atoms with Crippen LogP contribution in [0.15, 0.2) is 24.7 Å². The molecule has 3 aromatic rings. The predicted octanol–water partition coefficient (Wildman–Crippen LogP) is 3.96. The van der Waals surface area contributed by atoms with E-state index >= 15 is 0 Å². The molecule has 1 aliphatic heterocycles. The molecule has 4 rings (SSSR count). The Kier molecular flexibility index (Phi) is 6.29. The molecule has 4 heterocycles. The summed E-state index contributed by atoms with van der Waals surface area (Å²) in [6.07, 6.45) is 9.76. The van der Waals surface area contributed by atoms with Crippen LogP contribution in [0.3, 0.4) is 0 Å². The third-order valence-electron chi connectivity index (χ3n) is 5.18. The fraction of sp³-hybridized carbons (Fsp3) is 0.526. The highest BCUT2D eigenvalue weighted by molar-refractivity contribution is 7.96. The van der Waals surface area contributed by atoms with Gasteiger partial charge in [-0.1, -0.05) is 23.5 Å². The molecule has 10 heteroatoms. The van der Waals surface area contributed by atoms with E-state index in [-0.39, 0.29) is 6.23 Å². The second-order valence-electron chi connectivity index (χ2n) is 7.04. The Labute approximate surface area is 179 Å². The molecule has 29 heavy (non-hydrogen) atoms. The van der Waals surface area contributed by atoms with E-state index in [9.17, 15) is 0 Å². The van der Waals surface area contributed by atoms with Gasteiger partial charge in [-0.15, -0.1) is 5.10 Å². The van der Waals surface area contributed by atoms with Gasteiger partial charge in [0.15, 0.2) is 5.65 Å². The topological polar surface area (TPSA) is 72.5 Å². The third kappa shape index (κ3) is 4.37. The molecule has 0 bridgehead atoms. The zero-order valence-corrected chi connectivity index (χ0v) is 18.4. The highest BCUT2D eigenvalue weighted by Crippen LogP contribution is 2.31. The van der Waals surface area contributed by atoms with Crippen LogP contribution in [-0.2, 0) is 4.74 Å². The number of piperidine rings is 1. The SMILES string of the molecule is CCOC(C)n1cc(-c2ccn3nc(NC4CCN(SC)CC4)nc3c2Cl)cn1. The Morgan fingerprint density at radius 2 is 2.17 bits per heavy atom. The largest absolute Gasteiger partial charge is 0.357 e. The van der Waals surface area contributed by atoms with Crippen LogP contribution < -0.4 is 5.32 Å². The highest BCUT2D eigenvalue weighted by atomic mass is 35.5. The Bertz CT molecular complexity index is 967. The maximum absolute atomic E-state index is 6.69. The van der Waals surface area contributed by atoms with Gasteiger partial charge >= 0.3 is 0 Å². The first-order valence-corrected chi connectivity index (χ1v) is 11.4. The summed E-state index contributed by atoms with van der Waals surface area (Å²) in [7, 11) is 0. The first-order chi connectivity index (χ1) is 14.1. The summed E-state index contributed by atoms with van der Waals surface area (Å²) in [5.74, 6) is 0.618. The van der Waals surface area contributed by atoms with Crippen molar-refractivity contribution in [2.24, 2.45) is 0 Å². The molecule has 8 nitrogen and oxygen atoms in total. The van der Waals surface area contributed by atoms with Crippen molar-refractivity contribution in [1.82, 2.24) is 28.7 Å². The number of nitrogens with zero attached hydrogens (tertiary/aromatic N) is 6.